The van der Waals surface area contributed by atoms with E-state index in [4.69, 9.17) is 23.7 Å². The van der Waals surface area contributed by atoms with E-state index >= 15 is 0 Å². The number of fused-ring (bicyclic) bond motifs is 1. The Morgan fingerprint density at radius 2 is 1.80 bits per heavy atom. The Kier molecular flexibility index (Phi) is 5.67. The number of hydrogen-bond acceptors (Lipinski definition) is 10. The van der Waals surface area contributed by atoms with Crippen molar-refractivity contribution in [3.05, 3.63) is 35.6 Å². The first kappa shape index (κ1) is 25.0. The molecule has 4 rings (SSSR count). The molecule has 3 aliphatic carbocycles. The lowest BCUT2D eigenvalue weighted by Crippen LogP contribution is -2.64. The van der Waals surface area contributed by atoms with Gasteiger partial charge >= 0.3 is 23.9 Å². The average molecular weight is 491 g/mol. The van der Waals surface area contributed by atoms with Crippen molar-refractivity contribution in [1.82, 2.24) is 0 Å². The van der Waals surface area contributed by atoms with Crippen molar-refractivity contribution >= 4 is 23.9 Å². The van der Waals surface area contributed by atoms with Gasteiger partial charge in [-0.05, 0) is 37.5 Å². The van der Waals surface area contributed by atoms with E-state index in [0.717, 1.165) is 0 Å². The van der Waals surface area contributed by atoms with E-state index < -0.39 is 58.1 Å². The van der Waals surface area contributed by atoms with Crippen LogP contribution >= 0.6 is 0 Å². The normalized spacial score (nSPS) is 39.1. The standard InChI is InChI=1S/C25H30O10/c1-13-11-23-12-24(13,34-15(3)27)9-10-25(23,30)35-16-7-8-17(33-14(2)26)22(4,21(29)32-6)18(16)19(23)20(28)31-5/h7-8,17,19,30H,1,9-12H2,2-6H3/t17-,19+,22+,23+,24-,25?/m0/s1. The largest absolute Gasteiger partial charge is 0.469 e. The Bertz CT molecular complexity index is 1090. The van der Waals surface area contributed by atoms with Gasteiger partial charge in [-0.1, -0.05) is 6.58 Å². The highest BCUT2D eigenvalue weighted by molar-refractivity contribution is 5.88. The van der Waals surface area contributed by atoms with E-state index in [2.05, 4.69) is 6.58 Å². The lowest BCUT2D eigenvalue weighted by Gasteiger charge is -2.57. The monoisotopic (exact) mass is 490 g/mol. The third kappa shape index (κ3) is 3.26. The topological polar surface area (TPSA) is 135 Å². The van der Waals surface area contributed by atoms with Crippen LogP contribution in [0.4, 0.5) is 0 Å². The summed E-state index contributed by atoms with van der Waals surface area (Å²) in [6, 6.07) is 0. The van der Waals surface area contributed by atoms with Gasteiger partial charge in [0.15, 0.2) is 0 Å². The number of carbonyl (C=O) groups excluding carboxylic acids is 4. The molecule has 1 heterocycles. The molecule has 1 aliphatic heterocycles. The van der Waals surface area contributed by atoms with Crippen LogP contribution in [0.5, 0.6) is 0 Å². The first-order valence-electron chi connectivity index (χ1n) is 11.4. The smallest absolute Gasteiger partial charge is 0.320 e. The van der Waals surface area contributed by atoms with Crippen LogP contribution in [-0.2, 0) is 42.9 Å². The second kappa shape index (κ2) is 7.94. The molecule has 1 N–H and O–H groups in total. The Labute approximate surface area is 202 Å². The van der Waals surface area contributed by atoms with Crippen molar-refractivity contribution in [1.29, 1.82) is 0 Å². The van der Waals surface area contributed by atoms with Gasteiger partial charge in [-0.3, -0.25) is 19.2 Å². The van der Waals surface area contributed by atoms with Crippen molar-refractivity contribution in [2.75, 3.05) is 14.2 Å². The molecule has 2 bridgehead atoms. The van der Waals surface area contributed by atoms with Gasteiger partial charge < -0.3 is 28.8 Å². The molecule has 0 aromatic rings. The minimum atomic E-state index is -1.84. The van der Waals surface area contributed by atoms with Gasteiger partial charge in [0.25, 0.3) is 0 Å². The van der Waals surface area contributed by atoms with Crippen molar-refractivity contribution in [2.45, 2.75) is 63.9 Å². The number of methoxy groups -OCH3 is 2. The van der Waals surface area contributed by atoms with Crippen LogP contribution in [-0.4, -0.2) is 60.7 Å². The number of esters is 4. The summed E-state index contributed by atoms with van der Waals surface area (Å²) in [6.07, 6.45) is 2.22. The molecule has 10 nitrogen and oxygen atoms in total. The molecule has 10 heteroatoms. The van der Waals surface area contributed by atoms with Crippen molar-refractivity contribution in [2.24, 2.45) is 16.7 Å². The fourth-order valence-corrected chi connectivity index (χ4v) is 6.51. The molecule has 0 aromatic heterocycles. The predicted octanol–water partition coefficient (Wildman–Crippen LogP) is 1.86. The second-order valence-corrected chi connectivity index (χ2v) is 9.90. The molecule has 0 saturated heterocycles. The van der Waals surface area contributed by atoms with Gasteiger partial charge in [-0.15, -0.1) is 0 Å². The van der Waals surface area contributed by atoms with E-state index in [-0.39, 0.29) is 37.0 Å². The quantitative estimate of drug-likeness (QED) is 0.353. The molecule has 190 valence electrons. The predicted molar refractivity (Wildman–Crippen MR) is 118 cm³/mol. The molecule has 1 unspecified atom stereocenters. The zero-order valence-electron chi connectivity index (χ0n) is 20.5. The number of carbonyl (C=O) groups is 4. The molecule has 6 atom stereocenters. The zero-order valence-corrected chi connectivity index (χ0v) is 20.5. The van der Waals surface area contributed by atoms with Crippen molar-refractivity contribution < 1.29 is 48.0 Å². The van der Waals surface area contributed by atoms with Gasteiger partial charge in [0.1, 0.15) is 22.9 Å². The number of aliphatic hydroxyl groups is 1. The maximum absolute atomic E-state index is 13.5. The fourth-order valence-electron chi connectivity index (χ4n) is 6.51. The Hall–Kier alpha value is -3.14. The van der Waals surface area contributed by atoms with Crippen molar-refractivity contribution in [3.63, 3.8) is 0 Å². The summed E-state index contributed by atoms with van der Waals surface area (Å²) in [7, 11) is 2.39. The summed E-state index contributed by atoms with van der Waals surface area (Å²) in [5, 5.41) is 11.9. The molecule has 35 heavy (non-hydrogen) atoms. The maximum Gasteiger partial charge on any atom is 0.320 e. The molecule has 0 amide bonds. The SMILES string of the molecule is C=C1C[C@]23C[C@@]1(OC(C)=O)CCC2(O)OC1=C([C@@H]3C(=O)OC)[C@](C)(C(=O)OC)[C@@H](OC(C)=O)C=C1. The first-order valence-corrected chi connectivity index (χ1v) is 11.4. The Morgan fingerprint density at radius 3 is 2.37 bits per heavy atom. The molecule has 1 spiro atoms. The lowest BCUT2D eigenvalue weighted by atomic mass is 9.54. The highest BCUT2D eigenvalue weighted by atomic mass is 16.6. The van der Waals surface area contributed by atoms with Crippen molar-refractivity contribution in [3.8, 4) is 0 Å². The summed E-state index contributed by atoms with van der Waals surface area (Å²) >= 11 is 0. The van der Waals surface area contributed by atoms with Crippen LogP contribution in [0, 0.1) is 16.7 Å². The minimum absolute atomic E-state index is 0.0324. The van der Waals surface area contributed by atoms with Crippen LogP contribution in [0.25, 0.3) is 0 Å². The molecule has 0 aromatic carbocycles. The number of ether oxygens (including phenoxy) is 5. The van der Waals surface area contributed by atoms with E-state index in [9.17, 15) is 24.3 Å². The maximum atomic E-state index is 13.5. The Morgan fingerprint density at radius 1 is 1.11 bits per heavy atom. The Balaban J connectivity index is 1.97. The molecule has 0 radical (unpaired) electrons. The molecular formula is C25H30O10. The average Bonchev–Trinajstić information content (AvgIpc) is 3.02. The van der Waals surface area contributed by atoms with E-state index in [1.807, 2.05) is 0 Å². The molecule has 4 aliphatic rings. The van der Waals surface area contributed by atoms with Crippen LogP contribution in [0.1, 0.15) is 46.5 Å². The van der Waals surface area contributed by atoms with Crippen LogP contribution in [0.3, 0.4) is 0 Å². The lowest BCUT2D eigenvalue weighted by molar-refractivity contribution is -0.300. The van der Waals surface area contributed by atoms with Gasteiger partial charge in [0.05, 0.1) is 25.6 Å². The van der Waals surface area contributed by atoms with Gasteiger partial charge in [-0.2, -0.15) is 0 Å². The zero-order chi connectivity index (χ0) is 26.0. The van der Waals surface area contributed by atoms with Gasteiger partial charge in [0.2, 0.25) is 5.79 Å². The number of rotatable bonds is 4. The number of hydrogen-bond donors (Lipinski definition) is 1. The summed E-state index contributed by atoms with van der Waals surface area (Å²) in [4.78, 5) is 50.7. The minimum Gasteiger partial charge on any atom is -0.469 e. The van der Waals surface area contributed by atoms with Crippen LogP contribution in [0.2, 0.25) is 0 Å². The third-order valence-corrected chi connectivity index (χ3v) is 8.03. The summed E-state index contributed by atoms with van der Waals surface area (Å²) in [5.74, 6) is -5.61. The fraction of sp³-hybridized carbons (Fsp3) is 0.600. The molecule has 2 fully saturated rings. The van der Waals surface area contributed by atoms with E-state index in [0.29, 0.717) is 5.57 Å². The number of allylic oxidation sites excluding steroid dienone is 1. The summed E-state index contributed by atoms with van der Waals surface area (Å²) in [5.41, 5.74) is -3.45. The second-order valence-electron chi connectivity index (χ2n) is 9.90. The van der Waals surface area contributed by atoms with Gasteiger partial charge in [0, 0.05) is 32.3 Å². The highest BCUT2D eigenvalue weighted by Gasteiger charge is 2.76. The molecular weight excluding hydrogens is 460 g/mol. The summed E-state index contributed by atoms with van der Waals surface area (Å²) < 4.78 is 27.6. The first-order chi connectivity index (χ1) is 16.3. The van der Waals surface area contributed by atoms with E-state index in [1.54, 1.807) is 0 Å². The van der Waals surface area contributed by atoms with Gasteiger partial charge in [-0.25, -0.2) is 0 Å². The summed E-state index contributed by atoms with van der Waals surface area (Å²) in [6.45, 7) is 8.11. The van der Waals surface area contributed by atoms with E-state index in [1.165, 1.54) is 47.1 Å². The third-order valence-electron chi connectivity index (χ3n) is 8.03. The highest BCUT2D eigenvalue weighted by Crippen LogP contribution is 2.70. The van der Waals surface area contributed by atoms with Crippen LogP contribution in [0.15, 0.2) is 35.6 Å². The van der Waals surface area contributed by atoms with Crippen LogP contribution < -0.4 is 0 Å². The molecule has 2 saturated carbocycles.